The number of allylic oxidation sites excluding steroid dienone is 3. The van der Waals surface area contributed by atoms with Crippen LogP contribution in [0.4, 0.5) is 0 Å². The van der Waals surface area contributed by atoms with Gasteiger partial charge in [0.2, 0.25) is 0 Å². The van der Waals surface area contributed by atoms with Crippen molar-refractivity contribution in [1.82, 2.24) is 4.90 Å². The second-order valence-corrected chi connectivity index (χ2v) is 9.98. The molecule has 2 unspecified atom stereocenters. The second-order valence-electron chi connectivity index (χ2n) is 9.98. The van der Waals surface area contributed by atoms with Gasteiger partial charge < -0.3 is 28.6 Å². The lowest BCUT2D eigenvalue weighted by Gasteiger charge is -2.46. The Bertz CT molecular complexity index is 869. The first-order valence-electron chi connectivity index (χ1n) is 14.1. The van der Waals surface area contributed by atoms with E-state index in [0.29, 0.717) is 38.8 Å². The van der Waals surface area contributed by atoms with E-state index in [2.05, 4.69) is 50.1 Å². The molecular formula is C31H49NO5. The predicted octanol–water partition coefficient (Wildman–Crippen LogP) is 6.44. The first-order valence-corrected chi connectivity index (χ1v) is 14.1. The molecule has 0 aliphatic heterocycles. The van der Waals surface area contributed by atoms with Crippen molar-refractivity contribution in [3.8, 4) is 11.5 Å². The van der Waals surface area contributed by atoms with Crippen LogP contribution in [-0.4, -0.2) is 57.8 Å². The van der Waals surface area contributed by atoms with Crippen molar-refractivity contribution < 1.29 is 23.7 Å². The molecular weight excluding hydrogens is 466 g/mol. The predicted molar refractivity (Wildman–Crippen MR) is 150 cm³/mol. The van der Waals surface area contributed by atoms with Crippen LogP contribution in [0.2, 0.25) is 0 Å². The molecule has 2 atom stereocenters. The number of hydrogen-bond donors (Lipinski definition) is 0. The largest absolute Gasteiger partial charge is 0.497 e. The van der Waals surface area contributed by atoms with Crippen LogP contribution in [-0.2, 0) is 20.7 Å². The molecule has 0 spiro atoms. The van der Waals surface area contributed by atoms with E-state index >= 15 is 0 Å². The number of benzene rings is 1. The fraction of sp³-hybridized carbons (Fsp3) is 0.645. The molecule has 6 heteroatoms. The molecule has 0 bridgehead atoms. The fourth-order valence-corrected chi connectivity index (χ4v) is 5.47. The number of hydrogen-bond acceptors (Lipinski definition) is 6. The van der Waals surface area contributed by atoms with Gasteiger partial charge in [-0.15, -0.1) is 0 Å². The van der Waals surface area contributed by atoms with E-state index in [0.717, 1.165) is 61.7 Å². The number of aldehydes is 1. The summed E-state index contributed by atoms with van der Waals surface area (Å²) in [6.45, 7) is 16.8. The Morgan fingerprint density at radius 1 is 0.919 bits per heavy atom. The molecule has 6 nitrogen and oxygen atoms in total. The highest BCUT2D eigenvalue weighted by atomic mass is 16.5. The van der Waals surface area contributed by atoms with E-state index in [1.807, 2.05) is 33.8 Å². The summed E-state index contributed by atoms with van der Waals surface area (Å²) in [5.41, 5.74) is 0.990. The highest BCUT2D eigenvalue weighted by molar-refractivity contribution is 5.52. The van der Waals surface area contributed by atoms with Gasteiger partial charge in [0.25, 0.3) is 0 Å². The molecule has 208 valence electrons. The standard InChI is InChI=1S/C31H49NO5/c1-8-34-27-19-25(20-28(22-27)35-9-2)13-17-32(7)16-12-15-31(24(5)6)26(14-18-33)21-29(36-10-3)23-30(31)37-11-4/h18-24,26H,8-17H2,1-7H3. The maximum Gasteiger partial charge on any atom is 0.123 e. The Labute approximate surface area is 225 Å². The molecule has 1 aromatic carbocycles. The molecule has 0 saturated carbocycles. The van der Waals surface area contributed by atoms with Gasteiger partial charge in [0.15, 0.2) is 0 Å². The molecule has 1 aliphatic carbocycles. The van der Waals surface area contributed by atoms with Crippen molar-refractivity contribution >= 4 is 6.29 Å². The Kier molecular flexibility index (Phi) is 13.1. The molecule has 0 amide bonds. The smallest absolute Gasteiger partial charge is 0.123 e. The minimum atomic E-state index is -0.226. The van der Waals surface area contributed by atoms with Crippen LogP contribution in [0.25, 0.3) is 0 Å². The van der Waals surface area contributed by atoms with E-state index in [1.54, 1.807) is 0 Å². The normalized spacial score (nSPS) is 19.4. The topological polar surface area (TPSA) is 57.2 Å². The summed E-state index contributed by atoms with van der Waals surface area (Å²) in [5, 5.41) is 0. The third-order valence-corrected chi connectivity index (χ3v) is 7.22. The molecule has 0 saturated heterocycles. The highest BCUT2D eigenvalue weighted by Crippen LogP contribution is 2.52. The summed E-state index contributed by atoms with van der Waals surface area (Å²) in [6.07, 6.45) is 8.58. The maximum atomic E-state index is 11.7. The lowest BCUT2D eigenvalue weighted by molar-refractivity contribution is -0.109. The number of nitrogens with zero attached hydrogens (tertiary/aromatic N) is 1. The van der Waals surface area contributed by atoms with Gasteiger partial charge in [0.1, 0.15) is 29.3 Å². The fourth-order valence-electron chi connectivity index (χ4n) is 5.47. The Morgan fingerprint density at radius 3 is 2.08 bits per heavy atom. The number of ether oxygens (including phenoxy) is 4. The summed E-state index contributed by atoms with van der Waals surface area (Å²) in [7, 11) is 2.17. The molecule has 1 aromatic rings. The van der Waals surface area contributed by atoms with E-state index in [4.69, 9.17) is 18.9 Å². The van der Waals surface area contributed by atoms with Gasteiger partial charge in [-0.3, -0.25) is 0 Å². The van der Waals surface area contributed by atoms with Crippen LogP contribution in [0.1, 0.15) is 66.4 Å². The van der Waals surface area contributed by atoms with Crippen LogP contribution < -0.4 is 9.47 Å². The number of rotatable bonds is 18. The van der Waals surface area contributed by atoms with Crippen molar-refractivity contribution in [3.63, 3.8) is 0 Å². The third-order valence-electron chi connectivity index (χ3n) is 7.22. The van der Waals surface area contributed by atoms with Crippen LogP contribution >= 0.6 is 0 Å². The van der Waals surface area contributed by atoms with E-state index in [9.17, 15) is 4.79 Å². The Balaban J connectivity index is 2.10. The molecule has 1 aliphatic rings. The summed E-state index contributed by atoms with van der Waals surface area (Å²) < 4.78 is 23.5. The average Bonchev–Trinajstić information content (AvgIpc) is 2.85. The summed E-state index contributed by atoms with van der Waals surface area (Å²) in [6, 6.07) is 6.18. The first kappa shape index (κ1) is 30.8. The molecule has 0 heterocycles. The SMILES string of the molecule is CCOC1=CC(CC=O)C(CCCN(C)CCc2cc(OCC)cc(OCC)c2)(C(C)C)C(OCC)=C1. The monoisotopic (exact) mass is 515 g/mol. The van der Waals surface area contributed by atoms with Crippen LogP contribution in [0.15, 0.2) is 41.9 Å². The van der Waals surface area contributed by atoms with E-state index in [-0.39, 0.29) is 11.3 Å². The van der Waals surface area contributed by atoms with Crippen LogP contribution in [0.5, 0.6) is 11.5 Å². The highest BCUT2D eigenvalue weighted by Gasteiger charge is 2.47. The van der Waals surface area contributed by atoms with Crippen molar-refractivity contribution in [2.45, 2.75) is 67.2 Å². The minimum absolute atomic E-state index is 0.0571. The lowest BCUT2D eigenvalue weighted by Crippen LogP contribution is -2.41. The van der Waals surface area contributed by atoms with Gasteiger partial charge in [-0.1, -0.05) is 13.8 Å². The molecule has 0 radical (unpaired) electrons. The van der Waals surface area contributed by atoms with Crippen molar-refractivity contribution in [3.05, 3.63) is 47.4 Å². The molecule has 37 heavy (non-hydrogen) atoms. The van der Waals surface area contributed by atoms with Gasteiger partial charge >= 0.3 is 0 Å². The van der Waals surface area contributed by atoms with E-state index in [1.165, 1.54) is 5.56 Å². The van der Waals surface area contributed by atoms with Crippen molar-refractivity contribution in [2.24, 2.45) is 17.3 Å². The van der Waals surface area contributed by atoms with Gasteiger partial charge in [-0.25, -0.2) is 0 Å². The van der Waals surface area contributed by atoms with Gasteiger partial charge in [0.05, 0.1) is 26.4 Å². The lowest BCUT2D eigenvalue weighted by atomic mass is 9.61. The zero-order chi connectivity index (χ0) is 27.3. The maximum absolute atomic E-state index is 11.7. The zero-order valence-electron chi connectivity index (χ0n) is 24.2. The first-order chi connectivity index (χ1) is 17.8. The summed E-state index contributed by atoms with van der Waals surface area (Å²) in [5.74, 6) is 3.87. The summed E-state index contributed by atoms with van der Waals surface area (Å²) >= 11 is 0. The van der Waals surface area contributed by atoms with Crippen molar-refractivity contribution in [2.75, 3.05) is 46.6 Å². The van der Waals surface area contributed by atoms with Crippen molar-refractivity contribution in [1.29, 1.82) is 0 Å². The summed E-state index contributed by atoms with van der Waals surface area (Å²) in [4.78, 5) is 14.1. The quantitative estimate of drug-likeness (QED) is 0.210. The van der Waals surface area contributed by atoms with Gasteiger partial charge in [-0.05, 0) is 90.2 Å². The van der Waals surface area contributed by atoms with Crippen LogP contribution in [0.3, 0.4) is 0 Å². The Hall–Kier alpha value is -2.47. The molecule has 0 fully saturated rings. The van der Waals surface area contributed by atoms with Gasteiger partial charge in [-0.2, -0.15) is 0 Å². The average molecular weight is 516 g/mol. The Morgan fingerprint density at radius 2 is 1.54 bits per heavy atom. The number of carbonyl (C=O) groups is 1. The minimum Gasteiger partial charge on any atom is -0.497 e. The molecule has 2 rings (SSSR count). The molecule has 0 aromatic heterocycles. The van der Waals surface area contributed by atoms with E-state index < -0.39 is 0 Å². The second kappa shape index (κ2) is 15.7. The number of carbonyl (C=O) groups excluding carboxylic acids is 1. The van der Waals surface area contributed by atoms with Gasteiger partial charge in [0, 0.05) is 36.4 Å². The molecule has 0 N–H and O–H groups in total. The third kappa shape index (κ3) is 8.53. The zero-order valence-corrected chi connectivity index (χ0v) is 24.2. The number of likely N-dealkylation sites (N-methyl/N-ethyl adjacent to an activating group) is 1. The van der Waals surface area contributed by atoms with Crippen LogP contribution in [0, 0.1) is 17.3 Å².